The van der Waals surface area contributed by atoms with Crippen LogP contribution >= 0.6 is 11.8 Å². The highest BCUT2D eigenvalue weighted by Gasteiger charge is 2.22. The van der Waals surface area contributed by atoms with E-state index in [0.717, 1.165) is 16.0 Å². The van der Waals surface area contributed by atoms with E-state index in [1.165, 1.54) is 10.9 Å². The first-order valence-electron chi connectivity index (χ1n) is 8.40. The molecule has 1 unspecified atom stereocenters. The van der Waals surface area contributed by atoms with Crippen LogP contribution in [0.1, 0.15) is 19.4 Å². The Bertz CT molecular complexity index is 943. The predicted molar refractivity (Wildman–Crippen MR) is 104 cm³/mol. The van der Waals surface area contributed by atoms with Crippen molar-refractivity contribution in [1.29, 1.82) is 0 Å². The molecule has 138 valence electrons. The lowest BCUT2D eigenvalue weighted by Gasteiger charge is -2.17. The molecule has 0 saturated carbocycles. The third-order valence-electron chi connectivity index (χ3n) is 3.92. The Morgan fingerprint density at radius 1 is 1.22 bits per heavy atom. The number of rotatable bonds is 7. The molecule has 0 saturated heterocycles. The number of hydrogen-bond donors (Lipinski definition) is 1. The predicted octanol–water partition coefficient (Wildman–Crippen LogP) is 4.53. The Labute approximate surface area is 160 Å². The van der Waals surface area contributed by atoms with Crippen molar-refractivity contribution in [3.63, 3.8) is 0 Å². The summed E-state index contributed by atoms with van der Waals surface area (Å²) in [5.74, 6) is -0.267. The summed E-state index contributed by atoms with van der Waals surface area (Å²) < 4.78 is 1.33. The highest BCUT2D eigenvalue weighted by atomic mass is 32.2. The zero-order valence-electron chi connectivity index (χ0n) is 14.6. The molecule has 1 N–H and O–H groups in total. The number of para-hydroxylation sites is 1. The Balaban J connectivity index is 1.79. The van der Waals surface area contributed by atoms with Crippen molar-refractivity contribution in [3.8, 4) is 0 Å². The topological polar surface area (TPSA) is 90.1 Å². The maximum atomic E-state index is 12.8. The number of anilines is 1. The number of benzene rings is 2. The maximum absolute atomic E-state index is 12.8. The molecule has 0 fully saturated rings. The lowest BCUT2D eigenvalue weighted by atomic mass is 10.2. The average Bonchev–Trinajstić information content (AvgIpc) is 3.15. The summed E-state index contributed by atoms with van der Waals surface area (Å²) in [4.78, 5) is 25.1. The van der Waals surface area contributed by atoms with Gasteiger partial charge in [0.1, 0.15) is 18.4 Å². The molecule has 27 heavy (non-hydrogen) atoms. The summed E-state index contributed by atoms with van der Waals surface area (Å²) >= 11 is 1.55. The number of carbonyl (C=O) groups excluding carboxylic acids is 1. The molecule has 1 heterocycles. The van der Waals surface area contributed by atoms with E-state index in [2.05, 4.69) is 10.4 Å². The van der Waals surface area contributed by atoms with Gasteiger partial charge in [0.15, 0.2) is 0 Å². The molecule has 7 nitrogen and oxygen atoms in total. The van der Waals surface area contributed by atoms with Crippen LogP contribution in [0.2, 0.25) is 0 Å². The van der Waals surface area contributed by atoms with Gasteiger partial charge in [0.2, 0.25) is 5.91 Å². The molecule has 3 aromatic rings. The number of amides is 1. The summed E-state index contributed by atoms with van der Waals surface area (Å²) in [5, 5.41) is 17.8. The van der Waals surface area contributed by atoms with Crippen LogP contribution in [0.5, 0.6) is 0 Å². The number of hydrogen-bond acceptors (Lipinski definition) is 5. The fraction of sp³-hybridized carbons (Fsp3) is 0.158. The molecule has 1 aromatic heterocycles. The van der Waals surface area contributed by atoms with Gasteiger partial charge >= 0.3 is 5.69 Å². The minimum atomic E-state index is -0.631. The zero-order chi connectivity index (χ0) is 19.2. The quantitative estimate of drug-likeness (QED) is 0.479. The third-order valence-corrected chi connectivity index (χ3v) is 5.01. The van der Waals surface area contributed by atoms with Crippen molar-refractivity contribution in [1.82, 2.24) is 9.78 Å². The highest BCUT2D eigenvalue weighted by Crippen LogP contribution is 2.33. The second kappa shape index (κ2) is 8.50. The van der Waals surface area contributed by atoms with Crippen LogP contribution in [0, 0.1) is 10.1 Å². The molecule has 0 aliphatic carbocycles. The molecule has 1 atom stereocenters. The lowest BCUT2D eigenvalue weighted by molar-refractivity contribution is -0.385. The SMILES string of the molecule is CCC(C(=O)Nc1ccccc1Sc1ccccc1)n1cc([N+](=O)[O-])cn1. The molecule has 0 aliphatic heterocycles. The summed E-state index contributed by atoms with van der Waals surface area (Å²) in [6, 6.07) is 16.8. The Hall–Kier alpha value is -3.13. The van der Waals surface area contributed by atoms with Crippen molar-refractivity contribution in [2.24, 2.45) is 0 Å². The van der Waals surface area contributed by atoms with E-state index in [9.17, 15) is 14.9 Å². The monoisotopic (exact) mass is 382 g/mol. The van der Waals surface area contributed by atoms with Gasteiger partial charge in [-0.05, 0) is 30.7 Å². The van der Waals surface area contributed by atoms with Crippen LogP contribution in [0.15, 0.2) is 76.8 Å². The van der Waals surface area contributed by atoms with E-state index < -0.39 is 11.0 Å². The van der Waals surface area contributed by atoms with Gasteiger partial charge in [0, 0.05) is 9.79 Å². The molecule has 2 aromatic carbocycles. The van der Waals surface area contributed by atoms with Crippen molar-refractivity contribution in [2.75, 3.05) is 5.32 Å². The van der Waals surface area contributed by atoms with Crippen molar-refractivity contribution >= 4 is 29.0 Å². The largest absolute Gasteiger partial charge is 0.323 e. The van der Waals surface area contributed by atoms with Crippen LogP contribution in [-0.2, 0) is 4.79 Å². The van der Waals surface area contributed by atoms with E-state index in [0.29, 0.717) is 12.1 Å². The molecule has 0 spiro atoms. The molecule has 0 aliphatic rings. The lowest BCUT2D eigenvalue weighted by Crippen LogP contribution is -2.26. The second-order valence-electron chi connectivity index (χ2n) is 5.76. The van der Waals surface area contributed by atoms with Crippen molar-refractivity contribution in [3.05, 3.63) is 77.1 Å². The van der Waals surface area contributed by atoms with Crippen molar-refractivity contribution in [2.45, 2.75) is 29.2 Å². The third kappa shape index (κ3) is 4.53. The first-order valence-corrected chi connectivity index (χ1v) is 9.21. The van der Waals surface area contributed by atoms with E-state index in [4.69, 9.17) is 0 Å². The standard InChI is InChI=1S/C19H18N4O3S/c1-2-17(22-13-14(12-20-22)23(25)26)19(24)21-16-10-6-7-11-18(16)27-15-8-4-3-5-9-15/h3-13,17H,2H2,1H3,(H,21,24). The van der Waals surface area contributed by atoms with E-state index >= 15 is 0 Å². The van der Waals surface area contributed by atoms with Crippen LogP contribution in [0.3, 0.4) is 0 Å². The molecule has 1 amide bonds. The van der Waals surface area contributed by atoms with Gasteiger partial charge in [-0.3, -0.25) is 19.6 Å². The van der Waals surface area contributed by atoms with E-state index in [-0.39, 0.29) is 11.6 Å². The number of aromatic nitrogens is 2. The number of nitro groups is 1. The maximum Gasteiger partial charge on any atom is 0.307 e. The smallest absolute Gasteiger partial charge is 0.307 e. The molecular formula is C19H18N4O3S. The molecule has 0 bridgehead atoms. The van der Waals surface area contributed by atoms with Gasteiger partial charge in [0.05, 0.1) is 10.6 Å². The molecular weight excluding hydrogens is 364 g/mol. The van der Waals surface area contributed by atoms with Gasteiger partial charge in [-0.1, -0.05) is 49.0 Å². The number of nitrogens with zero attached hydrogens (tertiary/aromatic N) is 3. The van der Waals surface area contributed by atoms with Gasteiger partial charge in [-0.25, -0.2) is 0 Å². The van der Waals surface area contributed by atoms with Gasteiger partial charge in [0.25, 0.3) is 0 Å². The Morgan fingerprint density at radius 2 is 1.93 bits per heavy atom. The van der Waals surface area contributed by atoms with E-state index in [1.807, 2.05) is 61.5 Å². The fourth-order valence-electron chi connectivity index (χ4n) is 2.58. The van der Waals surface area contributed by atoms with Gasteiger partial charge in [-0.2, -0.15) is 5.10 Å². The summed E-state index contributed by atoms with van der Waals surface area (Å²) in [6.07, 6.45) is 2.88. The zero-order valence-corrected chi connectivity index (χ0v) is 15.4. The van der Waals surface area contributed by atoms with Crippen LogP contribution in [0.4, 0.5) is 11.4 Å². The Morgan fingerprint density at radius 3 is 2.59 bits per heavy atom. The normalized spacial score (nSPS) is 11.7. The minimum absolute atomic E-state index is 0.138. The average molecular weight is 382 g/mol. The number of nitrogens with one attached hydrogen (secondary N) is 1. The van der Waals surface area contributed by atoms with Gasteiger partial charge in [-0.15, -0.1) is 0 Å². The minimum Gasteiger partial charge on any atom is -0.323 e. The Kier molecular flexibility index (Phi) is 5.87. The highest BCUT2D eigenvalue weighted by molar-refractivity contribution is 7.99. The second-order valence-corrected chi connectivity index (χ2v) is 6.88. The van der Waals surface area contributed by atoms with Crippen molar-refractivity contribution < 1.29 is 9.72 Å². The fourth-order valence-corrected chi connectivity index (χ4v) is 3.50. The summed E-state index contributed by atoms with van der Waals surface area (Å²) in [7, 11) is 0. The molecule has 8 heteroatoms. The van der Waals surface area contributed by atoms with E-state index in [1.54, 1.807) is 11.8 Å². The first-order chi connectivity index (χ1) is 13.1. The molecule has 3 rings (SSSR count). The molecule has 0 radical (unpaired) electrons. The van der Waals surface area contributed by atoms with Gasteiger partial charge < -0.3 is 5.32 Å². The van der Waals surface area contributed by atoms with Crippen LogP contribution in [-0.4, -0.2) is 20.6 Å². The summed E-state index contributed by atoms with van der Waals surface area (Å²) in [5.41, 5.74) is 0.553. The first kappa shape index (κ1) is 18.7. The summed E-state index contributed by atoms with van der Waals surface area (Å²) in [6.45, 7) is 1.84. The van der Waals surface area contributed by atoms with Crippen LogP contribution in [0.25, 0.3) is 0 Å². The number of carbonyl (C=O) groups is 1. The van der Waals surface area contributed by atoms with Crippen LogP contribution < -0.4 is 5.32 Å².